The average molecular weight is 487 g/mol. The van der Waals surface area contributed by atoms with E-state index in [1.807, 2.05) is 0 Å². The highest BCUT2D eigenvalue weighted by Gasteiger charge is 2.32. The highest BCUT2D eigenvalue weighted by Crippen LogP contribution is 2.33. The number of sulfonamides is 1. The van der Waals surface area contributed by atoms with Crippen LogP contribution in [-0.4, -0.2) is 41.3 Å². The van der Waals surface area contributed by atoms with Gasteiger partial charge in [-0.3, -0.25) is 4.79 Å². The molecule has 7 nitrogen and oxygen atoms in total. The van der Waals surface area contributed by atoms with Crippen molar-refractivity contribution in [3.63, 3.8) is 0 Å². The fourth-order valence-electron chi connectivity index (χ4n) is 3.20. The van der Waals surface area contributed by atoms with Gasteiger partial charge in [0.2, 0.25) is 0 Å². The Balaban J connectivity index is 2.03. The number of carbonyl (C=O) groups is 1. The molecule has 0 bridgehead atoms. The lowest BCUT2D eigenvalue weighted by Crippen LogP contribution is -2.35. The standard InChI is InChI=1S/C24H30N2O5SSi/c1-18-19(2)31-25-24(18)26(17-30-14-15-33(3,4)5)32(28,29)23-9-7-6-8-22(23)21-12-10-20(16-27)11-13-21/h6-13,16H,14-15,17H2,1-5H3. The minimum Gasteiger partial charge on any atom is -0.360 e. The molecule has 1 aromatic heterocycles. The molecule has 33 heavy (non-hydrogen) atoms. The van der Waals surface area contributed by atoms with Gasteiger partial charge in [0.25, 0.3) is 10.0 Å². The average Bonchev–Trinajstić information content (AvgIpc) is 3.11. The Kier molecular flexibility index (Phi) is 7.56. The second-order valence-corrected chi connectivity index (χ2v) is 16.6. The van der Waals surface area contributed by atoms with Gasteiger partial charge in [-0.25, -0.2) is 12.7 Å². The first-order valence-corrected chi connectivity index (χ1v) is 15.9. The second kappa shape index (κ2) is 10.0. The summed E-state index contributed by atoms with van der Waals surface area (Å²) in [5, 5.41) is 4.02. The van der Waals surface area contributed by atoms with Crippen molar-refractivity contribution in [2.75, 3.05) is 17.6 Å². The summed E-state index contributed by atoms with van der Waals surface area (Å²) < 4.78 is 40.1. The van der Waals surface area contributed by atoms with E-state index in [9.17, 15) is 13.2 Å². The van der Waals surface area contributed by atoms with Crippen LogP contribution in [0.5, 0.6) is 0 Å². The van der Waals surface area contributed by atoms with Crippen LogP contribution < -0.4 is 4.31 Å². The fourth-order valence-corrected chi connectivity index (χ4v) is 5.52. The maximum absolute atomic E-state index is 13.9. The lowest BCUT2D eigenvalue weighted by Gasteiger charge is -2.24. The zero-order chi connectivity index (χ0) is 24.2. The quantitative estimate of drug-likeness (QED) is 0.168. The highest BCUT2D eigenvalue weighted by molar-refractivity contribution is 7.93. The Morgan fingerprint density at radius 1 is 1.06 bits per heavy atom. The van der Waals surface area contributed by atoms with Crippen molar-refractivity contribution in [2.24, 2.45) is 0 Å². The Labute approximate surface area is 196 Å². The lowest BCUT2D eigenvalue weighted by atomic mass is 10.0. The summed E-state index contributed by atoms with van der Waals surface area (Å²) in [5.74, 6) is 0.761. The van der Waals surface area contributed by atoms with Crippen LogP contribution in [0.15, 0.2) is 57.9 Å². The molecule has 0 radical (unpaired) electrons. The first-order chi connectivity index (χ1) is 15.5. The van der Waals surface area contributed by atoms with Crippen LogP contribution in [0.1, 0.15) is 21.7 Å². The smallest absolute Gasteiger partial charge is 0.268 e. The van der Waals surface area contributed by atoms with Crippen LogP contribution in [0.25, 0.3) is 11.1 Å². The van der Waals surface area contributed by atoms with Gasteiger partial charge in [0.1, 0.15) is 18.8 Å². The molecule has 0 saturated heterocycles. The monoisotopic (exact) mass is 486 g/mol. The summed E-state index contributed by atoms with van der Waals surface area (Å²) in [4.78, 5) is 11.1. The number of aryl methyl sites for hydroxylation is 1. The third-order valence-electron chi connectivity index (χ3n) is 5.39. The van der Waals surface area contributed by atoms with Gasteiger partial charge in [0, 0.05) is 31.4 Å². The molecule has 0 aliphatic carbocycles. The van der Waals surface area contributed by atoms with Gasteiger partial charge in [0.15, 0.2) is 5.82 Å². The fraction of sp³-hybridized carbons (Fsp3) is 0.333. The molecule has 0 aliphatic rings. The van der Waals surface area contributed by atoms with Gasteiger partial charge in [-0.15, -0.1) is 0 Å². The topological polar surface area (TPSA) is 89.7 Å². The number of rotatable bonds is 10. The molecule has 2 aromatic carbocycles. The molecule has 176 valence electrons. The summed E-state index contributed by atoms with van der Waals surface area (Å²) in [6.45, 7) is 10.5. The molecule has 0 aliphatic heterocycles. The molecule has 9 heteroatoms. The van der Waals surface area contributed by atoms with Crippen LogP contribution in [0.3, 0.4) is 0 Å². The van der Waals surface area contributed by atoms with Crippen molar-refractivity contribution in [1.29, 1.82) is 0 Å². The van der Waals surface area contributed by atoms with E-state index in [2.05, 4.69) is 24.8 Å². The Hall–Kier alpha value is -2.75. The number of hydrogen-bond donors (Lipinski definition) is 0. The predicted octanol–water partition coefficient (Wildman–Crippen LogP) is 5.28. The molecular weight excluding hydrogens is 456 g/mol. The zero-order valence-electron chi connectivity index (χ0n) is 19.7. The predicted molar refractivity (Wildman–Crippen MR) is 132 cm³/mol. The van der Waals surface area contributed by atoms with Gasteiger partial charge in [-0.1, -0.05) is 67.3 Å². The van der Waals surface area contributed by atoms with E-state index in [1.165, 1.54) is 4.31 Å². The van der Waals surface area contributed by atoms with Crippen molar-refractivity contribution in [3.8, 4) is 11.1 Å². The molecule has 1 heterocycles. The first kappa shape index (κ1) is 24.9. The summed E-state index contributed by atoms with van der Waals surface area (Å²) in [7, 11) is -5.38. The number of anilines is 1. The van der Waals surface area contributed by atoms with Crippen LogP contribution >= 0.6 is 0 Å². The Morgan fingerprint density at radius 3 is 2.30 bits per heavy atom. The van der Waals surface area contributed by atoms with E-state index in [0.717, 1.165) is 12.3 Å². The van der Waals surface area contributed by atoms with E-state index >= 15 is 0 Å². The van der Waals surface area contributed by atoms with E-state index in [-0.39, 0.29) is 17.4 Å². The molecule has 0 fully saturated rings. The van der Waals surface area contributed by atoms with Crippen LogP contribution in [0.2, 0.25) is 25.7 Å². The van der Waals surface area contributed by atoms with Gasteiger partial charge in [-0.2, -0.15) is 0 Å². The number of ether oxygens (including phenoxy) is 1. The van der Waals surface area contributed by atoms with E-state index in [0.29, 0.717) is 34.6 Å². The third kappa shape index (κ3) is 5.79. The molecule has 0 spiro atoms. The number of hydrogen-bond acceptors (Lipinski definition) is 6. The Bertz CT molecular complexity index is 1210. The lowest BCUT2D eigenvalue weighted by molar-refractivity contribution is 0.112. The zero-order valence-corrected chi connectivity index (χ0v) is 21.5. The largest absolute Gasteiger partial charge is 0.360 e. The molecule has 0 unspecified atom stereocenters. The molecule has 0 N–H and O–H groups in total. The first-order valence-electron chi connectivity index (χ1n) is 10.7. The normalized spacial score (nSPS) is 12.0. The van der Waals surface area contributed by atoms with E-state index in [4.69, 9.17) is 9.26 Å². The number of aldehydes is 1. The summed E-state index contributed by atoms with van der Waals surface area (Å²) in [5.41, 5.74) is 2.37. The molecule has 3 aromatic rings. The maximum Gasteiger partial charge on any atom is 0.268 e. The number of benzene rings is 2. The number of nitrogens with zero attached hydrogens (tertiary/aromatic N) is 2. The van der Waals surface area contributed by atoms with Crippen molar-refractivity contribution in [3.05, 3.63) is 65.4 Å². The minimum absolute atomic E-state index is 0.123. The Morgan fingerprint density at radius 2 is 1.73 bits per heavy atom. The van der Waals surface area contributed by atoms with Crippen LogP contribution in [0, 0.1) is 13.8 Å². The summed E-state index contributed by atoms with van der Waals surface area (Å²) >= 11 is 0. The van der Waals surface area contributed by atoms with Gasteiger partial charge in [0.05, 0.1) is 4.90 Å². The highest BCUT2D eigenvalue weighted by atomic mass is 32.2. The van der Waals surface area contributed by atoms with Crippen molar-refractivity contribution < 1.29 is 22.5 Å². The van der Waals surface area contributed by atoms with Crippen molar-refractivity contribution >= 4 is 30.2 Å². The molecule has 3 rings (SSSR count). The minimum atomic E-state index is -4.05. The number of carbonyl (C=O) groups excluding carboxylic acids is 1. The van der Waals surface area contributed by atoms with Crippen molar-refractivity contribution in [1.82, 2.24) is 5.16 Å². The summed E-state index contributed by atoms with van der Waals surface area (Å²) in [6.07, 6.45) is 0.752. The van der Waals surface area contributed by atoms with Crippen LogP contribution in [-0.2, 0) is 14.8 Å². The SMILES string of the molecule is Cc1onc(N(COCC[Si](C)(C)C)S(=O)(=O)c2ccccc2-c2ccc(C=O)cc2)c1C. The molecule has 0 saturated carbocycles. The third-order valence-corrected chi connectivity index (χ3v) is 8.86. The molecule has 0 atom stereocenters. The molecular formula is C24H30N2O5SSi. The molecule has 0 amide bonds. The van der Waals surface area contributed by atoms with Gasteiger partial charge < -0.3 is 9.26 Å². The van der Waals surface area contributed by atoms with E-state index in [1.54, 1.807) is 62.4 Å². The maximum atomic E-state index is 13.9. The van der Waals surface area contributed by atoms with E-state index < -0.39 is 18.1 Å². The summed E-state index contributed by atoms with van der Waals surface area (Å²) in [6, 6.07) is 14.5. The van der Waals surface area contributed by atoms with Gasteiger partial charge >= 0.3 is 0 Å². The number of aromatic nitrogens is 1. The van der Waals surface area contributed by atoms with Crippen molar-refractivity contribution in [2.45, 2.75) is 44.4 Å². The second-order valence-electron chi connectivity index (χ2n) is 9.12. The van der Waals surface area contributed by atoms with Crippen LogP contribution in [0.4, 0.5) is 5.82 Å². The van der Waals surface area contributed by atoms with Gasteiger partial charge in [-0.05, 0) is 31.5 Å².